The van der Waals surface area contributed by atoms with E-state index in [4.69, 9.17) is 0 Å². The van der Waals surface area contributed by atoms with Crippen molar-refractivity contribution in [2.45, 2.75) is 108 Å². The Kier molecular flexibility index (Phi) is 4.27. The summed E-state index contributed by atoms with van der Waals surface area (Å²) in [4.78, 5) is 0. The van der Waals surface area contributed by atoms with Crippen LogP contribution in [0.4, 0.5) is 0 Å². The van der Waals surface area contributed by atoms with Crippen molar-refractivity contribution in [1.29, 1.82) is 0 Å². The Hall–Kier alpha value is -0.120. The van der Waals surface area contributed by atoms with Crippen LogP contribution in [-0.2, 0) is 0 Å². The number of aliphatic hydroxyl groups is 2. The van der Waals surface area contributed by atoms with E-state index in [1.165, 1.54) is 57.8 Å². The van der Waals surface area contributed by atoms with Crippen molar-refractivity contribution in [3.05, 3.63) is 0 Å². The molecule has 5 saturated carbocycles. The van der Waals surface area contributed by atoms with Crippen LogP contribution in [0.25, 0.3) is 0 Å². The summed E-state index contributed by atoms with van der Waals surface area (Å²) in [5, 5.41) is 26.8. The molecule has 3 nitrogen and oxygen atoms in total. The fourth-order valence-corrected chi connectivity index (χ4v) is 8.57. The molecule has 5 rings (SSSR count). The summed E-state index contributed by atoms with van der Waals surface area (Å²) in [7, 11) is 0. The van der Waals surface area contributed by atoms with Crippen molar-refractivity contribution in [2.24, 2.45) is 28.6 Å². The van der Waals surface area contributed by atoms with E-state index in [0.29, 0.717) is 23.2 Å². The van der Waals surface area contributed by atoms with E-state index in [1.807, 2.05) is 0 Å². The largest absolute Gasteiger partial charge is 0.393 e. The number of hydrogen-bond donors (Lipinski definition) is 3. The van der Waals surface area contributed by atoms with Gasteiger partial charge in [-0.1, -0.05) is 32.6 Å². The second-order valence-electron chi connectivity index (χ2n) is 11.3. The third-order valence-corrected chi connectivity index (χ3v) is 9.64. The number of fused-ring (bicyclic) bond motifs is 5. The molecule has 5 fully saturated rings. The van der Waals surface area contributed by atoms with Gasteiger partial charge < -0.3 is 15.5 Å². The number of aliphatic hydroxyl groups excluding tert-OH is 1. The molecule has 148 valence electrons. The molecule has 0 aliphatic heterocycles. The van der Waals surface area contributed by atoms with Gasteiger partial charge in [0.15, 0.2) is 0 Å². The monoisotopic (exact) mass is 361 g/mol. The minimum absolute atomic E-state index is 0.154. The van der Waals surface area contributed by atoms with Crippen molar-refractivity contribution in [2.75, 3.05) is 6.54 Å². The second-order valence-corrected chi connectivity index (χ2v) is 11.3. The van der Waals surface area contributed by atoms with Crippen molar-refractivity contribution in [3.8, 4) is 0 Å². The summed E-state index contributed by atoms with van der Waals surface area (Å²) in [6, 6.07) is 0.741. The standard InChI is InChI=1S/C23H39NO2/c1-21-9-5-11-23(26,15-21)18-12-22(20(18)19(25)13-21)10-4-6-16(22)14-24-17-7-2-3-8-17/h16-20,24-26H,2-15H2,1H3/t16-,18+,19+,20-,21-,22+,23+/m0/s1. The third kappa shape index (κ3) is 2.63. The first-order valence-electron chi connectivity index (χ1n) is 11.6. The fourth-order valence-electron chi connectivity index (χ4n) is 8.57. The van der Waals surface area contributed by atoms with Gasteiger partial charge in [0.2, 0.25) is 0 Å². The summed E-state index contributed by atoms with van der Waals surface area (Å²) in [6.45, 7) is 3.47. The Labute approximate surface area is 159 Å². The first kappa shape index (κ1) is 17.9. The van der Waals surface area contributed by atoms with Crippen molar-refractivity contribution in [1.82, 2.24) is 5.32 Å². The highest BCUT2D eigenvalue weighted by atomic mass is 16.3. The zero-order chi connectivity index (χ0) is 18.0. The van der Waals surface area contributed by atoms with Gasteiger partial charge in [-0.05, 0) is 92.9 Å². The SMILES string of the molecule is C[C@@]12CCC[C@@](O)(C1)[C@@H]1C[C@@]3(CCC[C@H]3CNC3CCCC3)[C@@H]1[C@H](O)C2. The molecule has 26 heavy (non-hydrogen) atoms. The molecule has 0 radical (unpaired) electrons. The van der Waals surface area contributed by atoms with Crippen LogP contribution in [0.15, 0.2) is 0 Å². The lowest BCUT2D eigenvalue weighted by molar-refractivity contribution is -0.204. The molecular formula is C23H39NO2. The molecule has 0 aromatic rings. The Bertz CT molecular complexity index is 546. The van der Waals surface area contributed by atoms with Gasteiger partial charge >= 0.3 is 0 Å². The van der Waals surface area contributed by atoms with Crippen LogP contribution in [0.2, 0.25) is 0 Å². The molecule has 7 atom stereocenters. The van der Waals surface area contributed by atoms with E-state index in [1.54, 1.807) is 0 Å². The van der Waals surface area contributed by atoms with Crippen molar-refractivity contribution < 1.29 is 10.2 Å². The quantitative estimate of drug-likeness (QED) is 0.712. The summed E-state index contributed by atoms with van der Waals surface area (Å²) in [5.74, 6) is 1.42. The van der Waals surface area contributed by atoms with Crippen LogP contribution in [0.3, 0.4) is 0 Å². The van der Waals surface area contributed by atoms with Crippen LogP contribution < -0.4 is 5.32 Å². The van der Waals surface area contributed by atoms with E-state index in [0.717, 1.165) is 38.3 Å². The average molecular weight is 362 g/mol. The van der Waals surface area contributed by atoms with Crippen LogP contribution >= 0.6 is 0 Å². The lowest BCUT2D eigenvalue weighted by atomic mass is 9.44. The smallest absolute Gasteiger partial charge is 0.0685 e. The fraction of sp³-hybridized carbons (Fsp3) is 1.00. The van der Waals surface area contributed by atoms with Gasteiger partial charge in [0, 0.05) is 6.04 Å². The molecule has 5 aliphatic rings. The number of hydrogen-bond acceptors (Lipinski definition) is 3. The molecule has 1 spiro atoms. The highest BCUT2D eigenvalue weighted by Gasteiger charge is 2.68. The van der Waals surface area contributed by atoms with Crippen LogP contribution in [-0.4, -0.2) is 34.5 Å². The number of rotatable bonds is 3. The molecule has 0 heterocycles. The lowest BCUT2D eigenvalue weighted by Gasteiger charge is -2.62. The molecular weight excluding hydrogens is 322 g/mol. The molecule has 0 amide bonds. The Morgan fingerprint density at radius 2 is 1.77 bits per heavy atom. The Morgan fingerprint density at radius 3 is 2.58 bits per heavy atom. The molecule has 3 heteroatoms. The molecule has 2 bridgehead atoms. The van der Waals surface area contributed by atoms with Gasteiger partial charge in [0.25, 0.3) is 0 Å². The van der Waals surface area contributed by atoms with Crippen LogP contribution in [0.5, 0.6) is 0 Å². The zero-order valence-corrected chi connectivity index (χ0v) is 16.7. The summed E-state index contributed by atoms with van der Waals surface area (Å²) in [5.41, 5.74) is -0.0210. The molecule has 0 unspecified atom stereocenters. The normalized spacial score (nSPS) is 54.1. The molecule has 0 aromatic heterocycles. The molecule has 0 aromatic carbocycles. The topological polar surface area (TPSA) is 52.5 Å². The average Bonchev–Trinajstić information content (AvgIpc) is 3.19. The maximum atomic E-state index is 11.6. The summed E-state index contributed by atoms with van der Waals surface area (Å²) < 4.78 is 0. The second kappa shape index (κ2) is 6.19. The highest BCUT2D eigenvalue weighted by molar-refractivity contribution is 5.18. The predicted molar refractivity (Wildman–Crippen MR) is 104 cm³/mol. The van der Waals surface area contributed by atoms with E-state index in [-0.39, 0.29) is 11.5 Å². The van der Waals surface area contributed by atoms with E-state index in [9.17, 15) is 10.2 Å². The van der Waals surface area contributed by atoms with E-state index in [2.05, 4.69) is 12.2 Å². The van der Waals surface area contributed by atoms with Gasteiger partial charge in [-0.25, -0.2) is 0 Å². The zero-order valence-electron chi connectivity index (χ0n) is 16.7. The Balaban J connectivity index is 1.37. The van der Waals surface area contributed by atoms with Gasteiger partial charge in [-0.15, -0.1) is 0 Å². The molecule has 3 N–H and O–H groups in total. The number of nitrogens with one attached hydrogen (secondary N) is 1. The molecule has 0 saturated heterocycles. The minimum Gasteiger partial charge on any atom is -0.393 e. The summed E-state index contributed by atoms with van der Waals surface area (Å²) >= 11 is 0. The van der Waals surface area contributed by atoms with Gasteiger partial charge in [-0.2, -0.15) is 0 Å². The van der Waals surface area contributed by atoms with Crippen LogP contribution in [0, 0.1) is 28.6 Å². The van der Waals surface area contributed by atoms with Gasteiger partial charge in [-0.3, -0.25) is 0 Å². The van der Waals surface area contributed by atoms with Crippen molar-refractivity contribution in [3.63, 3.8) is 0 Å². The van der Waals surface area contributed by atoms with Crippen LogP contribution in [0.1, 0.15) is 90.4 Å². The van der Waals surface area contributed by atoms with E-state index < -0.39 is 5.60 Å². The maximum Gasteiger partial charge on any atom is 0.0685 e. The van der Waals surface area contributed by atoms with Gasteiger partial charge in [0.1, 0.15) is 0 Å². The highest BCUT2D eigenvalue weighted by Crippen LogP contribution is 2.70. The lowest BCUT2D eigenvalue weighted by Crippen LogP contribution is -2.63. The predicted octanol–water partition coefficient (Wildman–Crippen LogP) is 4.02. The molecule has 5 aliphatic carbocycles. The minimum atomic E-state index is -0.494. The van der Waals surface area contributed by atoms with Gasteiger partial charge in [0.05, 0.1) is 11.7 Å². The maximum absolute atomic E-state index is 11.6. The third-order valence-electron chi connectivity index (χ3n) is 9.64. The first-order valence-corrected chi connectivity index (χ1v) is 11.6. The first-order chi connectivity index (χ1) is 12.4. The Morgan fingerprint density at radius 1 is 0.962 bits per heavy atom. The van der Waals surface area contributed by atoms with E-state index >= 15 is 0 Å². The summed E-state index contributed by atoms with van der Waals surface area (Å²) in [6.07, 6.45) is 15.6. The van der Waals surface area contributed by atoms with Crippen molar-refractivity contribution >= 4 is 0 Å².